The van der Waals surface area contributed by atoms with Gasteiger partial charge in [0.15, 0.2) is 0 Å². The van der Waals surface area contributed by atoms with Crippen molar-refractivity contribution in [3.63, 3.8) is 0 Å². The third kappa shape index (κ3) is 3.11. The van der Waals surface area contributed by atoms with Crippen LogP contribution in [0.2, 0.25) is 5.02 Å². The minimum atomic E-state index is -0.692. The van der Waals surface area contributed by atoms with Crippen LogP contribution in [-0.4, -0.2) is 10.7 Å². The first-order valence-corrected chi connectivity index (χ1v) is 7.60. The van der Waals surface area contributed by atoms with Crippen molar-refractivity contribution >= 4 is 11.6 Å². The van der Waals surface area contributed by atoms with E-state index in [1.807, 2.05) is 0 Å². The van der Waals surface area contributed by atoms with Crippen LogP contribution in [-0.2, 0) is 6.42 Å². The zero-order valence-electron chi connectivity index (χ0n) is 11.0. The smallest absolute Gasteiger partial charge is 0.123 e. The van der Waals surface area contributed by atoms with Crippen LogP contribution in [0.25, 0.3) is 0 Å². The molecule has 0 radical (unpaired) electrons. The Bertz CT molecular complexity index is 472. The maximum Gasteiger partial charge on any atom is 0.123 e. The summed E-state index contributed by atoms with van der Waals surface area (Å²) >= 11 is 6.11. The molecule has 104 valence electrons. The second-order valence-corrected chi connectivity index (χ2v) is 6.74. The van der Waals surface area contributed by atoms with Crippen LogP contribution in [0.1, 0.15) is 44.1 Å². The predicted molar refractivity (Wildman–Crippen MR) is 74.7 cm³/mol. The van der Waals surface area contributed by atoms with Gasteiger partial charge in [0.2, 0.25) is 0 Å². The topological polar surface area (TPSA) is 20.2 Å². The van der Waals surface area contributed by atoms with Gasteiger partial charge in [0.25, 0.3) is 0 Å². The Hall–Kier alpha value is -0.600. The summed E-state index contributed by atoms with van der Waals surface area (Å²) in [5.74, 6) is 1.21. The third-order valence-electron chi connectivity index (χ3n) is 4.68. The van der Waals surface area contributed by atoms with Gasteiger partial charge >= 0.3 is 0 Å². The van der Waals surface area contributed by atoms with E-state index in [0.717, 1.165) is 30.7 Å². The summed E-state index contributed by atoms with van der Waals surface area (Å²) < 4.78 is 13.3. The molecule has 1 aromatic carbocycles. The summed E-state index contributed by atoms with van der Waals surface area (Å²) in [4.78, 5) is 0. The molecule has 0 heterocycles. The Labute approximate surface area is 118 Å². The lowest BCUT2D eigenvalue weighted by Crippen LogP contribution is -2.38. The van der Waals surface area contributed by atoms with Gasteiger partial charge < -0.3 is 5.11 Å². The van der Waals surface area contributed by atoms with Crippen LogP contribution in [0.15, 0.2) is 18.2 Å². The summed E-state index contributed by atoms with van der Waals surface area (Å²) in [6.07, 6.45) is 7.10. The fourth-order valence-corrected chi connectivity index (χ4v) is 3.73. The Balaban J connectivity index is 1.74. The zero-order chi connectivity index (χ0) is 13.5. The Morgan fingerprint density at radius 2 is 2.05 bits per heavy atom. The first-order chi connectivity index (χ1) is 9.06. The molecule has 19 heavy (non-hydrogen) atoms. The minimum Gasteiger partial charge on any atom is -0.390 e. The monoisotopic (exact) mass is 282 g/mol. The first-order valence-electron chi connectivity index (χ1n) is 7.22. The van der Waals surface area contributed by atoms with Crippen molar-refractivity contribution in [1.29, 1.82) is 0 Å². The van der Waals surface area contributed by atoms with Crippen molar-refractivity contribution in [1.82, 2.24) is 0 Å². The predicted octanol–water partition coefficient (Wildman–Crippen LogP) is 4.35. The fourth-order valence-electron chi connectivity index (χ4n) is 3.55. The van der Waals surface area contributed by atoms with Gasteiger partial charge in [0.1, 0.15) is 5.82 Å². The van der Waals surface area contributed by atoms with Crippen LogP contribution in [0.4, 0.5) is 4.39 Å². The number of benzene rings is 1. The highest BCUT2D eigenvalue weighted by molar-refractivity contribution is 6.31. The number of rotatable bonds is 3. The number of hydrogen-bond donors (Lipinski definition) is 1. The maximum atomic E-state index is 13.3. The molecular weight excluding hydrogens is 263 g/mol. The van der Waals surface area contributed by atoms with E-state index in [9.17, 15) is 9.50 Å². The van der Waals surface area contributed by atoms with E-state index in [2.05, 4.69) is 0 Å². The van der Waals surface area contributed by atoms with E-state index in [-0.39, 0.29) is 5.82 Å². The minimum absolute atomic E-state index is 0.280. The molecule has 0 aromatic heterocycles. The van der Waals surface area contributed by atoms with Crippen molar-refractivity contribution in [2.75, 3.05) is 0 Å². The Morgan fingerprint density at radius 1 is 1.26 bits per heavy atom. The molecule has 2 unspecified atom stereocenters. The summed E-state index contributed by atoms with van der Waals surface area (Å²) in [5.41, 5.74) is 0.0452. The SMILES string of the molecule is OC1(Cc2cc(F)ccc2Cl)CCCC(C2CC2)C1. The molecular formula is C16H20ClFO. The third-order valence-corrected chi connectivity index (χ3v) is 5.04. The zero-order valence-corrected chi connectivity index (χ0v) is 11.8. The lowest BCUT2D eigenvalue weighted by atomic mass is 9.73. The Kier molecular flexibility index (Phi) is 3.57. The van der Waals surface area contributed by atoms with Crippen LogP contribution in [0, 0.1) is 17.7 Å². The van der Waals surface area contributed by atoms with E-state index < -0.39 is 5.60 Å². The van der Waals surface area contributed by atoms with E-state index in [4.69, 9.17) is 11.6 Å². The van der Waals surface area contributed by atoms with E-state index >= 15 is 0 Å². The lowest BCUT2D eigenvalue weighted by Gasteiger charge is -2.37. The normalized spacial score (nSPS) is 31.4. The first kappa shape index (κ1) is 13.4. The highest BCUT2D eigenvalue weighted by Crippen LogP contribution is 2.47. The summed E-state index contributed by atoms with van der Waals surface area (Å²) in [6, 6.07) is 4.40. The van der Waals surface area contributed by atoms with E-state index in [1.165, 1.54) is 31.4 Å². The van der Waals surface area contributed by atoms with Gasteiger partial charge in [-0.05, 0) is 67.7 Å². The average molecular weight is 283 g/mol. The standard InChI is InChI=1S/C16H20ClFO/c17-15-6-5-14(18)8-13(15)10-16(19)7-1-2-12(9-16)11-3-4-11/h5-6,8,11-12,19H,1-4,7,9-10H2. The largest absolute Gasteiger partial charge is 0.390 e. The molecule has 2 atom stereocenters. The summed E-state index contributed by atoms with van der Waals surface area (Å²) in [6.45, 7) is 0. The average Bonchev–Trinajstić information content (AvgIpc) is 3.18. The molecule has 0 aliphatic heterocycles. The van der Waals surface area contributed by atoms with Gasteiger partial charge in [-0.1, -0.05) is 18.0 Å². The Morgan fingerprint density at radius 3 is 2.79 bits per heavy atom. The number of halogens is 2. The summed E-state index contributed by atoms with van der Waals surface area (Å²) in [7, 11) is 0. The lowest BCUT2D eigenvalue weighted by molar-refractivity contribution is -0.0195. The molecule has 3 heteroatoms. The molecule has 0 amide bonds. The van der Waals surface area contributed by atoms with Gasteiger partial charge in [0, 0.05) is 11.4 Å². The second kappa shape index (κ2) is 5.06. The van der Waals surface area contributed by atoms with Gasteiger partial charge in [0.05, 0.1) is 5.60 Å². The summed E-state index contributed by atoms with van der Waals surface area (Å²) in [5, 5.41) is 11.4. The molecule has 1 N–H and O–H groups in total. The van der Waals surface area contributed by atoms with Crippen molar-refractivity contribution in [2.24, 2.45) is 11.8 Å². The molecule has 1 aromatic rings. The quantitative estimate of drug-likeness (QED) is 0.874. The molecule has 0 spiro atoms. The van der Waals surface area contributed by atoms with Crippen LogP contribution in [0.3, 0.4) is 0 Å². The molecule has 0 saturated heterocycles. The molecule has 1 nitrogen and oxygen atoms in total. The van der Waals surface area contributed by atoms with Crippen LogP contribution < -0.4 is 0 Å². The number of aliphatic hydroxyl groups is 1. The van der Waals surface area contributed by atoms with Crippen LogP contribution in [0.5, 0.6) is 0 Å². The molecule has 2 aliphatic carbocycles. The highest BCUT2D eigenvalue weighted by atomic mass is 35.5. The molecule has 2 saturated carbocycles. The number of hydrogen-bond acceptors (Lipinski definition) is 1. The van der Waals surface area contributed by atoms with Crippen LogP contribution >= 0.6 is 11.6 Å². The molecule has 0 bridgehead atoms. The van der Waals surface area contributed by atoms with Gasteiger partial charge in [-0.3, -0.25) is 0 Å². The highest BCUT2D eigenvalue weighted by Gasteiger charge is 2.41. The van der Waals surface area contributed by atoms with Crippen molar-refractivity contribution in [3.8, 4) is 0 Å². The molecule has 3 rings (SSSR count). The second-order valence-electron chi connectivity index (χ2n) is 6.33. The molecule has 2 aliphatic rings. The van der Waals surface area contributed by atoms with Gasteiger partial charge in [-0.25, -0.2) is 4.39 Å². The van der Waals surface area contributed by atoms with Crippen molar-refractivity contribution in [3.05, 3.63) is 34.6 Å². The van der Waals surface area contributed by atoms with Gasteiger partial charge in [-0.15, -0.1) is 0 Å². The van der Waals surface area contributed by atoms with E-state index in [1.54, 1.807) is 6.07 Å². The van der Waals surface area contributed by atoms with Gasteiger partial charge in [-0.2, -0.15) is 0 Å². The fraction of sp³-hybridized carbons (Fsp3) is 0.625. The maximum absolute atomic E-state index is 13.3. The van der Waals surface area contributed by atoms with Crippen molar-refractivity contribution in [2.45, 2.75) is 50.5 Å². The van der Waals surface area contributed by atoms with E-state index in [0.29, 0.717) is 17.4 Å². The van der Waals surface area contributed by atoms with Crippen molar-refractivity contribution < 1.29 is 9.50 Å². The molecule has 2 fully saturated rings.